The van der Waals surface area contributed by atoms with E-state index in [9.17, 15) is 0 Å². The van der Waals surface area contributed by atoms with Crippen molar-refractivity contribution in [2.24, 2.45) is 4.99 Å². The Balaban J connectivity index is 1.27. The van der Waals surface area contributed by atoms with Crippen LogP contribution in [-0.4, -0.2) is 83.0 Å². The first-order valence-electron chi connectivity index (χ1n) is 14.4. The van der Waals surface area contributed by atoms with Crippen molar-refractivity contribution in [1.82, 2.24) is 25.1 Å². The summed E-state index contributed by atoms with van der Waals surface area (Å²) in [6, 6.07) is 17.9. The van der Waals surface area contributed by atoms with Gasteiger partial charge >= 0.3 is 0 Å². The van der Waals surface area contributed by atoms with E-state index in [0.29, 0.717) is 30.7 Å². The molecule has 1 aromatic carbocycles. The Labute approximate surface area is 246 Å². The smallest absolute Gasteiger partial charge is 0.154 e. The summed E-state index contributed by atoms with van der Waals surface area (Å²) in [4.78, 5) is 16.4. The van der Waals surface area contributed by atoms with E-state index in [-0.39, 0.29) is 12.0 Å². The van der Waals surface area contributed by atoms with Gasteiger partial charge < -0.3 is 20.2 Å². The molecular formula is C32H38N8O2. The number of ether oxygens (including phenoxy) is 2. The molecule has 1 fully saturated rings. The van der Waals surface area contributed by atoms with Crippen LogP contribution in [0.2, 0.25) is 0 Å². The molecule has 0 aliphatic carbocycles. The average molecular weight is 567 g/mol. The van der Waals surface area contributed by atoms with Crippen molar-refractivity contribution in [1.29, 1.82) is 5.41 Å². The quantitative estimate of drug-likeness (QED) is 0.217. The molecule has 0 spiro atoms. The maximum absolute atomic E-state index is 8.09. The van der Waals surface area contributed by atoms with Crippen LogP contribution < -0.4 is 5.32 Å². The van der Waals surface area contributed by atoms with Crippen LogP contribution in [0.3, 0.4) is 0 Å². The molecule has 1 aliphatic heterocycles. The van der Waals surface area contributed by atoms with Crippen LogP contribution in [0.25, 0.3) is 11.0 Å². The summed E-state index contributed by atoms with van der Waals surface area (Å²) in [6.45, 7) is 9.30. The van der Waals surface area contributed by atoms with Gasteiger partial charge in [0, 0.05) is 38.3 Å². The summed E-state index contributed by atoms with van der Waals surface area (Å²) >= 11 is 0. The molecular weight excluding hydrogens is 528 g/mol. The van der Waals surface area contributed by atoms with Crippen LogP contribution in [0, 0.1) is 5.41 Å². The second-order valence-corrected chi connectivity index (χ2v) is 10.7. The summed E-state index contributed by atoms with van der Waals surface area (Å²) in [6.07, 6.45) is 6.67. The van der Waals surface area contributed by atoms with E-state index in [2.05, 4.69) is 51.4 Å². The van der Waals surface area contributed by atoms with Crippen molar-refractivity contribution in [2.45, 2.75) is 38.4 Å². The third-order valence-corrected chi connectivity index (χ3v) is 7.19. The topological polar surface area (TPSA) is 122 Å². The highest BCUT2D eigenvalue weighted by atomic mass is 16.5. The highest BCUT2D eigenvalue weighted by molar-refractivity contribution is 5.90. The van der Waals surface area contributed by atoms with Crippen molar-refractivity contribution in [3.63, 3.8) is 0 Å². The number of aliphatic imine (C=N–C) groups is 1. The van der Waals surface area contributed by atoms with Gasteiger partial charge in [-0.2, -0.15) is 5.10 Å². The summed E-state index contributed by atoms with van der Waals surface area (Å²) in [5.41, 5.74) is 4.58. The fourth-order valence-corrected chi connectivity index (χ4v) is 4.70. The third kappa shape index (κ3) is 8.22. The first-order valence-corrected chi connectivity index (χ1v) is 14.4. The van der Waals surface area contributed by atoms with Crippen molar-refractivity contribution >= 4 is 35.1 Å². The van der Waals surface area contributed by atoms with Gasteiger partial charge in [-0.3, -0.25) is 14.9 Å². The average Bonchev–Trinajstić information content (AvgIpc) is 3.02. The SMILES string of the molecule is CC(C)c1cnnc(Nc2ccc3ncc(C(C=N)C=NCC(CN4CCOCC4)OCc4ccccc4)cc3n2)c1. The first-order chi connectivity index (χ1) is 20.6. The molecule has 10 nitrogen and oxygen atoms in total. The van der Waals surface area contributed by atoms with Gasteiger partial charge in [0.15, 0.2) is 5.82 Å². The molecule has 4 heterocycles. The van der Waals surface area contributed by atoms with Crippen molar-refractivity contribution in [2.75, 3.05) is 44.7 Å². The van der Waals surface area contributed by atoms with Crippen LogP contribution in [0.5, 0.6) is 0 Å². The summed E-state index contributed by atoms with van der Waals surface area (Å²) in [5, 5.41) is 19.6. The molecule has 1 aliphatic rings. The third-order valence-electron chi connectivity index (χ3n) is 7.19. The minimum atomic E-state index is -0.327. The van der Waals surface area contributed by atoms with Crippen LogP contribution in [0.15, 0.2) is 72.0 Å². The molecule has 10 heteroatoms. The van der Waals surface area contributed by atoms with Crippen molar-refractivity contribution < 1.29 is 9.47 Å². The van der Waals surface area contributed by atoms with E-state index < -0.39 is 0 Å². The highest BCUT2D eigenvalue weighted by Gasteiger charge is 2.18. The van der Waals surface area contributed by atoms with Crippen LogP contribution >= 0.6 is 0 Å². The van der Waals surface area contributed by atoms with E-state index in [0.717, 1.165) is 60.6 Å². The Kier molecular flexibility index (Phi) is 10.3. The van der Waals surface area contributed by atoms with E-state index in [4.69, 9.17) is 24.9 Å². The van der Waals surface area contributed by atoms with Gasteiger partial charge in [-0.15, -0.1) is 5.10 Å². The molecule has 0 saturated carbocycles. The number of anilines is 2. The second-order valence-electron chi connectivity index (χ2n) is 10.7. The summed E-state index contributed by atoms with van der Waals surface area (Å²) in [5.74, 6) is 1.32. The molecule has 0 radical (unpaired) electrons. The molecule has 3 aromatic heterocycles. The number of morpholine rings is 1. The molecule has 1 saturated heterocycles. The zero-order chi connectivity index (χ0) is 29.1. The minimum Gasteiger partial charge on any atom is -0.379 e. The molecule has 0 amide bonds. The summed E-state index contributed by atoms with van der Waals surface area (Å²) in [7, 11) is 0. The van der Waals surface area contributed by atoms with E-state index in [1.165, 1.54) is 6.21 Å². The Morgan fingerprint density at radius 2 is 1.86 bits per heavy atom. The van der Waals surface area contributed by atoms with Gasteiger partial charge in [0.1, 0.15) is 5.82 Å². The summed E-state index contributed by atoms with van der Waals surface area (Å²) < 4.78 is 11.8. The lowest BCUT2D eigenvalue weighted by Crippen LogP contribution is -2.42. The lowest BCUT2D eigenvalue weighted by atomic mass is 10.0. The number of pyridine rings is 2. The fraction of sp³-hybridized carbons (Fsp3) is 0.375. The number of nitrogens with zero attached hydrogens (tertiary/aromatic N) is 6. The van der Waals surface area contributed by atoms with E-state index in [1.54, 1.807) is 12.4 Å². The zero-order valence-corrected chi connectivity index (χ0v) is 24.2. The number of rotatable bonds is 13. The molecule has 2 unspecified atom stereocenters. The monoisotopic (exact) mass is 566 g/mol. The number of hydrogen-bond donors (Lipinski definition) is 2. The normalized spacial score (nSPS) is 15.7. The Hall–Kier alpha value is -4.12. The Bertz CT molecular complexity index is 1470. The number of benzene rings is 1. The molecule has 42 heavy (non-hydrogen) atoms. The van der Waals surface area contributed by atoms with Crippen LogP contribution in [0.4, 0.5) is 11.6 Å². The van der Waals surface area contributed by atoms with Gasteiger partial charge in [-0.25, -0.2) is 4.98 Å². The van der Waals surface area contributed by atoms with E-state index in [1.807, 2.05) is 48.7 Å². The van der Waals surface area contributed by atoms with Crippen molar-refractivity contribution in [3.8, 4) is 0 Å². The maximum Gasteiger partial charge on any atom is 0.154 e. The fourth-order valence-electron chi connectivity index (χ4n) is 4.70. The Morgan fingerprint density at radius 1 is 1.02 bits per heavy atom. The Morgan fingerprint density at radius 3 is 2.64 bits per heavy atom. The number of fused-ring (bicyclic) bond motifs is 1. The second kappa shape index (κ2) is 14.7. The first kappa shape index (κ1) is 29.4. The van der Waals surface area contributed by atoms with Crippen LogP contribution in [-0.2, 0) is 16.1 Å². The van der Waals surface area contributed by atoms with E-state index >= 15 is 0 Å². The molecule has 0 bridgehead atoms. The molecule has 2 atom stereocenters. The number of hydrogen-bond acceptors (Lipinski definition) is 10. The maximum atomic E-state index is 8.09. The van der Waals surface area contributed by atoms with Gasteiger partial charge in [0.05, 0.1) is 55.6 Å². The predicted octanol–water partition coefficient (Wildman–Crippen LogP) is 5.01. The molecule has 2 N–H and O–H groups in total. The van der Waals surface area contributed by atoms with Gasteiger partial charge in [0.2, 0.25) is 0 Å². The lowest BCUT2D eigenvalue weighted by molar-refractivity contribution is -0.0141. The zero-order valence-electron chi connectivity index (χ0n) is 24.2. The molecule has 5 rings (SSSR count). The molecule has 4 aromatic rings. The lowest BCUT2D eigenvalue weighted by Gasteiger charge is -2.30. The number of aromatic nitrogens is 4. The van der Waals surface area contributed by atoms with Crippen LogP contribution in [0.1, 0.15) is 42.4 Å². The molecule has 218 valence electrons. The number of nitrogens with one attached hydrogen (secondary N) is 2. The largest absolute Gasteiger partial charge is 0.379 e. The van der Waals surface area contributed by atoms with Crippen molar-refractivity contribution in [3.05, 3.63) is 83.7 Å². The van der Waals surface area contributed by atoms with Gasteiger partial charge in [0.25, 0.3) is 0 Å². The van der Waals surface area contributed by atoms with Gasteiger partial charge in [-0.1, -0.05) is 44.2 Å². The minimum absolute atomic E-state index is 0.0757. The predicted molar refractivity (Wildman–Crippen MR) is 166 cm³/mol. The highest BCUT2D eigenvalue weighted by Crippen LogP contribution is 2.22. The standard InChI is InChI=1S/C32H38N8O2/c1-23(2)25-15-32(39-36-19-25)38-31-9-8-29-30(37-31)14-26(18-35-29)27(16-33)17-34-20-28(21-40-10-12-41-13-11-40)42-22-24-6-4-3-5-7-24/h3-9,14-19,23,27-28,33H,10-13,20-22H2,1-2H3,(H,37,38,39). The van der Waals surface area contributed by atoms with Gasteiger partial charge in [-0.05, 0) is 46.9 Å².